The zero-order chi connectivity index (χ0) is 20.4. The van der Waals surface area contributed by atoms with E-state index in [0.717, 1.165) is 12.1 Å². The van der Waals surface area contributed by atoms with Gasteiger partial charge in [-0.05, 0) is 29.8 Å². The molecule has 0 radical (unpaired) electrons. The van der Waals surface area contributed by atoms with Gasteiger partial charge < -0.3 is 20.1 Å². The molecule has 2 N–H and O–H groups in total. The van der Waals surface area contributed by atoms with Gasteiger partial charge in [0.2, 0.25) is 0 Å². The van der Waals surface area contributed by atoms with E-state index < -0.39 is 5.97 Å². The summed E-state index contributed by atoms with van der Waals surface area (Å²) in [6.07, 6.45) is 0. The Morgan fingerprint density at radius 1 is 1.14 bits per heavy atom. The van der Waals surface area contributed by atoms with E-state index in [0.29, 0.717) is 29.1 Å². The van der Waals surface area contributed by atoms with Crippen molar-refractivity contribution >= 4 is 47.7 Å². The molecule has 0 spiro atoms. The van der Waals surface area contributed by atoms with Crippen LogP contribution in [0.3, 0.4) is 0 Å². The van der Waals surface area contributed by atoms with Crippen molar-refractivity contribution in [3.05, 3.63) is 59.7 Å². The molecule has 8 heteroatoms. The minimum absolute atomic E-state index is 0. The van der Waals surface area contributed by atoms with E-state index in [1.807, 2.05) is 36.0 Å². The number of halogens is 1. The van der Waals surface area contributed by atoms with E-state index in [1.54, 1.807) is 19.2 Å². The van der Waals surface area contributed by atoms with E-state index in [2.05, 4.69) is 34.7 Å². The molecule has 0 amide bonds. The van der Waals surface area contributed by atoms with Crippen molar-refractivity contribution in [3.8, 4) is 5.75 Å². The van der Waals surface area contributed by atoms with Crippen LogP contribution in [0.4, 0.5) is 0 Å². The molecule has 0 aliphatic heterocycles. The lowest BCUT2D eigenvalue weighted by molar-refractivity contribution is 0.0597. The number of rotatable bonds is 8. The molecule has 0 aliphatic rings. The molecule has 0 aromatic heterocycles. The van der Waals surface area contributed by atoms with Gasteiger partial charge in [-0.2, -0.15) is 0 Å². The van der Waals surface area contributed by atoms with Crippen molar-refractivity contribution in [2.45, 2.75) is 23.6 Å². The molecular weight excluding hydrogens is 501 g/mol. The maximum absolute atomic E-state index is 11.9. The minimum Gasteiger partial charge on any atom is -0.496 e. The lowest BCUT2D eigenvalue weighted by Crippen LogP contribution is -2.39. The monoisotopic (exact) mass is 529 g/mol. The first-order valence-electron chi connectivity index (χ1n) is 8.98. The number of thioether (sulfide) groups is 1. The molecule has 0 heterocycles. The number of ether oxygens (including phenoxy) is 2. The number of benzene rings is 2. The third kappa shape index (κ3) is 8.14. The van der Waals surface area contributed by atoms with Crippen LogP contribution >= 0.6 is 35.7 Å². The number of guanidine groups is 1. The molecule has 2 aromatic carbocycles. The van der Waals surface area contributed by atoms with Gasteiger partial charge >= 0.3 is 5.97 Å². The predicted molar refractivity (Wildman–Crippen MR) is 130 cm³/mol. The van der Waals surface area contributed by atoms with Crippen LogP contribution in [0.5, 0.6) is 5.75 Å². The largest absolute Gasteiger partial charge is 0.496 e. The molecule has 1 atom stereocenters. The highest BCUT2D eigenvalue weighted by Crippen LogP contribution is 2.22. The van der Waals surface area contributed by atoms with Crippen molar-refractivity contribution in [3.63, 3.8) is 0 Å². The maximum Gasteiger partial charge on any atom is 0.341 e. The van der Waals surface area contributed by atoms with E-state index in [9.17, 15) is 4.79 Å². The van der Waals surface area contributed by atoms with Crippen LogP contribution in [0.15, 0.2) is 58.4 Å². The Labute approximate surface area is 193 Å². The highest BCUT2D eigenvalue weighted by molar-refractivity contribution is 14.0. The standard InChI is InChI=1S/C21H27N3O3S.HI/c1-15(28-17-8-6-5-7-9-17)13-23-21(22-2)24-14-16-10-11-19(26-3)18(12-16)20(25)27-4;/h5-12,15H,13-14H2,1-4H3,(H2,22,23,24);1H. The van der Waals surface area contributed by atoms with Gasteiger partial charge in [-0.1, -0.05) is 31.2 Å². The molecule has 2 rings (SSSR count). The third-order valence-electron chi connectivity index (χ3n) is 3.99. The molecule has 2 aromatic rings. The van der Waals surface area contributed by atoms with Crippen molar-refractivity contribution < 1.29 is 14.3 Å². The smallest absolute Gasteiger partial charge is 0.341 e. The molecule has 29 heavy (non-hydrogen) atoms. The topological polar surface area (TPSA) is 72.0 Å². The van der Waals surface area contributed by atoms with Gasteiger partial charge in [0.15, 0.2) is 5.96 Å². The number of nitrogens with zero attached hydrogens (tertiary/aromatic N) is 1. The Hall–Kier alpha value is -1.94. The molecule has 0 fully saturated rings. The van der Waals surface area contributed by atoms with E-state index in [-0.39, 0.29) is 24.0 Å². The summed E-state index contributed by atoms with van der Waals surface area (Å²) < 4.78 is 10.0. The number of carbonyl (C=O) groups excluding carboxylic acids is 1. The van der Waals surface area contributed by atoms with Crippen LogP contribution in [-0.2, 0) is 11.3 Å². The number of aliphatic imine (C=N–C) groups is 1. The summed E-state index contributed by atoms with van der Waals surface area (Å²) >= 11 is 1.81. The van der Waals surface area contributed by atoms with Gasteiger partial charge in [0.25, 0.3) is 0 Å². The summed E-state index contributed by atoms with van der Waals surface area (Å²) in [5.41, 5.74) is 1.33. The summed E-state index contributed by atoms with van der Waals surface area (Å²) in [7, 11) is 4.62. The van der Waals surface area contributed by atoms with Gasteiger partial charge in [-0.15, -0.1) is 35.7 Å². The number of esters is 1. The summed E-state index contributed by atoms with van der Waals surface area (Å²) in [6, 6.07) is 15.7. The summed E-state index contributed by atoms with van der Waals surface area (Å²) in [5.74, 6) is 0.772. The summed E-state index contributed by atoms with van der Waals surface area (Å²) in [6.45, 7) is 3.47. The van der Waals surface area contributed by atoms with Crippen LogP contribution in [-0.4, -0.2) is 45.0 Å². The lowest BCUT2D eigenvalue weighted by Gasteiger charge is -2.16. The highest BCUT2D eigenvalue weighted by atomic mass is 127. The molecule has 6 nitrogen and oxygen atoms in total. The normalized spacial score (nSPS) is 11.8. The number of methoxy groups -OCH3 is 2. The second kappa shape index (κ2) is 13.3. The first kappa shape index (κ1) is 25.1. The number of hydrogen-bond donors (Lipinski definition) is 2. The average Bonchev–Trinajstić information content (AvgIpc) is 2.73. The fourth-order valence-electron chi connectivity index (χ4n) is 2.55. The van der Waals surface area contributed by atoms with Crippen LogP contribution in [0.1, 0.15) is 22.8 Å². The Morgan fingerprint density at radius 3 is 2.48 bits per heavy atom. The summed E-state index contributed by atoms with van der Waals surface area (Å²) in [4.78, 5) is 17.4. The van der Waals surface area contributed by atoms with Crippen LogP contribution in [0, 0.1) is 0 Å². The van der Waals surface area contributed by atoms with Gasteiger partial charge in [0.05, 0.1) is 14.2 Å². The van der Waals surface area contributed by atoms with E-state index in [1.165, 1.54) is 19.1 Å². The fraction of sp³-hybridized carbons (Fsp3) is 0.333. The van der Waals surface area contributed by atoms with E-state index in [4.69, 9.17) is 9.47 Å². The number of carbonyl (C=O) groups is 1. The molecule has 0 bridgehead atoms. The zero-order valence-electron chi connectivity index (χ0n) is 17.1. The Kier molecular flexibility index (Phi) is 11.5. The molecule has 1 unspecified atom stereocenters. The lowest BCUT2D eigenvalue weighted by atomic mass is 10.1. The first-order valence-corrected chi connectivity index (χ1v) is 9.86. The van der Waals surface area contributed by atoms with Crippen molar-refractivity contribution in [1.82, 2.24) is 10.6 Å². The fourth-order valence-corrected chi connectivity index (χ4v) is 3.50. The van der Waals surface area contributed by atoms with Crippen LogP contribution < -0.4 is 15.4 Å². The first-order chi connectivity index (χ1) is 13.6. The van der Waals surface area contributed by atoms with Crippen molar-refractivity contribution in [1.29, 1.82) is 0 Å². The SMILES string of the molecule is CN=C(NCc1ccc(OC)c(C(=O)OC)c1)NCC(C)Sc1ccccc1.I. The Balaban J connectivity index is 0.00000420. The molecule has 0 saturated carbocycles. The van der Waals surface area contributed by atoms with Gasteiger partial charge in [-0.3, -0.25) is 4.99 Å². The number of nitrogens with one attached hydrogen (secondary N) is 2. The molecule has 0 aliphatic carbocycles. The Bertz CT molecular complexity index is 803. The maximum atomic E-state index is 11.9. The minimum atomic E-state index is -0.423. The average molecular weight is 529 g/mol. The second-order valence-electron chi connectivity index (χ2n) is 6.07. The molecule has 0 saturated heterocycles. The highest BCUT2D eigenvalue weighted by Gasteiger charge is 2.13. The number of hydrogen-bond acceptors (Lipinski definition) is 5. The van der Waals surface area contributed by atoms with Crippen LogP contribution in [0.2, 0.25) is 0 Å². The van der Waals surface area contributed by atoms with Gasteiger partial charge in [0.1, 0.15) is 11.3 Å². The van der Waals surface area contributed by atoms with Crippen molar-refractivity contribution in [2.24, 2.45) is 4.99 Å². The van der Waals surface area contributed by atoms with Gasteiger partial charge in [0, 0.05) is 30.3 Å². The van der Waals surface area contributed by atoms with Gasteiger partial charge in [-0.25, -0.2) is 4.79 Å². The Morgan fingerprint density at radius 2 is 1.86 bits per heavy atom. The van der Waals surface area contributed by atoms with E-state index >= 15 is 0 Å². The zero-order valence-corrected chi connectivity index (χ0v) is 20.2. The summed E-state index contributed by atoms with van der Waals surface area (Å²) in [5, 5.41) is 6.98. The second-order valence-corrected chi connectivity index (χ2v) is 7.59. The quantitative estimate of drug-likeness (QED) is 0.178. The molecule has 158 valence electrons. The molecular formula is C21H28IN3O3S. The van der Waals surface area contributed by atoms with Crippen LogP contribution in [0.25, 0.3) is 0 Å². The van der Waals surface area contributed by atoms with Crippen molar-refractivity contribution in [2.75, 3.05) is 27.8 Å². The predicted octanol–water partition coefficient (Wildman–Crippen LogP) is 3.95. The third-order valence-corrected chi connectivity index (χ3v) is 5.10.